The van der Waals surface area contributed by atoms with Gasteiger partial charge >= 0.3 is 0 Å². The minimum absolute atomic E-state index is 0.0520. The summed E-state index contributed by atoms with van der Waals surface area (Å²) >= 11 is 0. The maximum absolute atomic E-state index is 12.0. The summed E-state index contributed by atoms with van der Waals surface area (Å²) in [7, 11) is 3.21. The Morgan fingerprint density at radius 2 is 2.10 bits per heavy atom. The molecule has 1 fully saturated rings. The van der Waals surface area contributed by atoms with Gasteiger partial charge in [0.05, 0.1) is 20.3 Å². The largest absolute Gasteiger partial charge is 0.493 e. The van der Waals surface area contributed by atoms with Gasteiger partial charge in [0, 0.05) is 6.54 Å². The zero-order valence-corrected chi connectivity index (χ0v) is 12.1. The molecule has 1 aromatic rings. The standard InChI is InChI=1S/C15H22N2O3/c1-19-13-7-6-11(9-14(13)20-2)10-17-15(18)12-5-3-4-8-16-12/h6-7,9,12,16H,3-5,8,10H2,1-2H3,(H,17,18). The van der Waals surface area contributed by atoms with E-state index in [0.29, 0.717) is 18.0 Å². The second-order valence-corrected chi connectivity index (χ2v) is 4.91. The quantitative estimate of drug-likeness (QED) is 0.856. The number of carbonyl (C=O) groups is 1. The highest BCUT2D eigenvalue weighted by atomic mass is 16.5. The third-order valence-electron chi connectivity index (χ3n) is 3.54. The van der Waals surface area contributed by atoms with Gasteiger partial charge in [-0.2, -0.15) is 0 Å². The van der Waals surface area contributed by atoms with Crippen LogP contribution in [0.3, 0.4) is 0 Å². The Labute approximate surface area is 119 Å². The molecule has 2 rings (SSSR count). The number of methoxy groups -OCH3 is 2. The van der Waals surface area contributed by atoms with Crippen molar-refractivity contribution in [2.75, 3.05) is 20.8 Å². The summed E-state index contributed by atoms with van der Waals surface area (Å²) in [5, 5.41) is 6.20. The van der Waals surface area contributed by atoms with Crippen molar-refractivity contribution in [1.29, 1.82) is 0 Å². The fraction of sp³-hybridized carbons (Fsp3) is 0.533. The summed E-state index contributed by atoms with van der Waals surface area (Å²) in [6.07, 6.45) is 3.18. The van der Waals surface area contributed by atoms with Crippen molar-refractivity contribution in [3.63, 3.8) is 0 Å². The van der Waals surface area contributed by atoms with Crippen molar-refractivity contribution in [3.8, 4) is 11.5 Å². The monoisotopic (exact) mass is 278 g/mol. The molecule has 110 valence electrons. The van der Waals surface area contributed by atoms with Crippen molar-refractivity contribution in [3.05, 3.63) is 23.8 Å². The van der Waals surface area contributed by atoms with E-state index in [2.05, 4.69) is 10.6 Å². The molecule has 1 saturated heterocycles. The Bertz CT molecular complexity index is 456. The number of amides is 1. The summed E-state index contributed by atoms with van der Waals surface area (Å²) in [6, 6.07) is 5.60. The first kappa shape index (κ1) is 14.7. The van der Waals surface area contributed by atoms with Gasteiger partial charge in [0.2, 0.25) is 5.91 Å². The number of ether oxygens (including phenoxy) is 2. The first-order chi connectivity index (χ1) is 9.74. The first-order valence-electron chi connectivity index (χ1n) is 6.96. The van der Waals surface area contributed by atoms with E-state index in [1.165, 1.54) is 0 Å². The molecule has 5 heteroatoms. The normalized spacial score (nSPS) is 18.4. The first-order valence-corrected chi connectivity index (χ1v) is 6.96. The summed E-state index contributed by atoms with van der Waals surface area (Å²) in [4.78, 5) is 12.0. The van der Waals surface area contributed by atoms with E-state index >= 15 is 0 Å². The molecule has 0 radical (unpaired) electrons. The highest BCUT2D eigenvalue weighted by molar-refractivity contribution is 5.81. The average molecular weight is 278 g/mol. The van der Waals surface area contributed by atoms with Crippen LogP contribution in [-0.2, 0) is 11.3 Å². The summed E-state index contributed by atoms with van der Waals surface area (Å²) in [6.45, 7) is 1.42. The topological polar surface area (TPSA) is 59.6 Å². The second-order valence-electron chi connectivity index (χ2n) is 4.91. The van der Waals surface area contributed by atoms with E-state index in [1.807, 2.05) is 18.2 Å². The molecule has 1 unspecified atom stereocenters. The van der Waals surface area contributed by atoms with Crippen LogP contribution in [0.2, 0.25) is 0 Å². The predicted molar refractivity (Wildman–Crippen MR) is 77.0 cm³/mol. The molecular formula is C15H22N2O3. The van der Waals surface area contributed by atoms with Crippen LogP contribution in [0, 0.1) is 0 Å². The van der Waals surface area contributed by atoms with Gasteiger partial charge < -0.3 is 20.1 Å². The predicted octanol–water partition coefficient (Wildman–Crippen LogP) is 1.46. The SMILES string of the molecule is COc1ccc(CNC(=O)C2CCCCN2)cc1OC. The lowest BCUT2D eigenvalue weighted by Gasteiger charge is -2.22. The number of piperidine rings is 1. The molecule has 0 saturated carbocycles. The van der Waals surface area contributed by atoms with E-state index in [9.17, 15) is 4.79 Å². The molecule has 20 heavy (non-hydrogen) atoms. The molecule has 1 heterocycles. The van der Waals surface area contributed by atoms with Crippen molar-refractivity contribution < 1.29 is 14.3 Å². The fourth-order valence-electron chi connectivity index (χ4n) is 2.38. The molecule has 1 aliphatic rings. The van der Waals surface area contributed by atoms with Gasteiger partial charge in [0.25, 0.3) is 0 Å². The smallest absolute Gasteiger partial charge is 0.237 e. The van der Waals surface area contributed by atoms with E-state index in [1.54, 1.807) is 14.2 Å². The average Bonchev–Trinajstić information content (AvgIpc) is 2.53. The van der Waals surface area contributed by atoms with Crippen LogP contribution in [-0.4, -0.2) is 32.7 Å². The van der Waals surface area contributed by atoms with Gasteiger partial charge in [-0.15, -0.1) is 0 Å². The Morgan fingerprint density at radius 3 is 2.75 bits per heavy atom. The third-order valence-corrected chi connectivity index (χ3v) is 3.54. The van der Waals surface area contributed by atoms with Crippen LogP contribution < -0.4 is 20.1 Å². The van der Waals surface area contributed by atoms with Crippen LogP contribution in [0.15, 0.2) is 18.2 Å². The molecular weight excluding hydrogens is 256 g/mol. The molecule has 0 bridgehead atoms. The second kappa shape index (κ2) is 7.14. The van der Waals surface area contributed by atoms with Gasteiger partial charge in [-0.1, -0.05) is 12.5 Å². The Balaban J connectivity index is 1.91. The van der Waals surface area contributed by atoms with Crippen molar-refractivity contribution in [1.82, 2.24) is 10.6 Å². The molecule has 1 amide bonds. The van der Waals surface area contributed by atoms with E-state index in [-0.39, 0.29) is 11.9 Å². The minimum atomic E-state index is -0.0520. The van der Waals surface area contributed by atoms with E-state index in [0.717, 1.165) is 31.4 Å². The van der Waals surface area contributed by atoms with Crippen LogP contribution >= 0.6 is 0 Å². The van der Waals surface area contributed by atoms with Crippen LogP contribution in [0.5, 0.6) is 11.5 Å². The number of hydrogen-bond donors (Lipinski definition) is 2. The lowest BCUT2D eigenvalue weighted by Crippen LogP contribution is -2.46. The zero-order chi connectivity index (χ0) is 14.4. The number of nitrogens with one attached hydrogen (secondary N) is 2. The van der Waals surface area contributed by atoms with E-state index < -0.39 is 0 Å². The third kappa shape index (κ3) is 3.63. The van der Waals surface area contributed by atoms with Gasteiger partial charge in [-0.05, 0) is 37.1 Å². The number of benzene rings is 1. The molecule has 0 aromatic heterocycles. The molecule has 1 aliphatic heterocycles. The maximum Gasteiger partial charge on any atom is 0.237 e. The number of carbonyl (C=O) groups excluding carboxylic acids is 1. The summed E-state index contributed by atoms with van der Waals surface area (Å²) in [5.74, 6) is 1.44. The Morgan fingerprint density at radius 1 is 1.30 bits per heavy atom. The lowest BCUT2D eigenvalue weighted by atomic mass is 10.0. The van der Waals surface area contributed by atoms with Crippen LogP contribution in [0.25, 0.3) is 0 Å². The minimum Gasteiger partial charge on any atom is -0.493 e. The van der Waals surface area contributed by atoms with Gasteiger partial charge in [-0.3, -0.25) is 4.79 Å². The Hall–Kier alpha value is -1.75. The molecule has 5 nitrogen and oxygen atoms in total. The molecule has 0 aliphatic carbocycles. The van der Waals surface area contributed by atoms with Crippen molar-refractivity contribution in [2.45, 2.75) is 31.8 Å². The number of hydrogen-bond acceptors (Lipinski definition) is 4. The molecule has 0 spiro atoms. The van der Waals surface area contributed by atoms with Crippen LogP contribution in [0.1, 0.15) is 24.8 Å². The number of rotatable bonds is 5. The molecule has 2 N–H and O–H groups in total. The van der Waals surface area contributed by atoms with E-state index in [4.69, 9.17) is 9.47 Å². The highest BCUT2D eigenvalue weighted by Gasteiger charge is 2.19. The van der Waals surface area contributed by atoms with Crippen molar-refractivity contribution >= 4 is 5.91 Å². The molecule has 1 aromatic carbocycles. The van der Waals surface area contributed by atoms with Gasteiger partial charge in [0.1, 0.15) is 0 Å². The maximum atomic E-state index is 12.0. The summed E-state index contributed by atoms with van der Waals surface area (Å²) in [5.41, 5.74) is 0.992. The lowest BCUT2D eigenvalue weighted by molar-refractivity contribution is -0.123. The summed E-state index contributed by atoms with van der Waals surface area (Å²) < 4.78 is 10.4. The fourth-order valence-corrected chi connectivity index (χ4v) is 2.38. The van der Waals surface area contributed by atoms with Gasteiger partial charge in [-0.25, -0.2) is 0 Å². The van der Waals surface area contributed by atoms with Crippen molar-refractivity contribution in [2.24, 2.45) is 0 Å². The molecule has 1 atom stereocenters. The highest BCUT2D eigenvalue weighted by Crippen LogP contribution is 2.27. The van der Waals surface area contributed by atoms with Gasteiger partial charge in [0.15, 0.2) is 11.5 Å². The Kier molecular flexibility index (Phi) is 5.24. The van der Waals surface area contributed by atoms with Crippen LogP contribution in [0.4, 0.5) is 0 Å². The zero-order valence-electron chi connectivity index (χ0n) is 12.1.